The molecule has 4 rings (SSSR count). The summed E-state index contributed by atoms with van der Waals surface area (Å²) in [7, 11) is 0. The first kappa shape index (κ1) is 22.9. The topological polar surface area (TPSA) is 79.4 Å². The lowest BCUT2D eigenvalue weighted by molar-refractivity contribution is -0.136. The van der Waals surface area contributed by atoms with Gasteiger partial charge in [0, 0.05) is 31.6 Å². The summed E-state index contributed by atoms with van der Waals surface area (Å²) in [4.78, 5) is 43.8. The first-order chi connectivity index (χ1) is 16.6. The number of rotatable bonds is 9. The van der Waals surface area contributed by atoms with E-state index in [1.54, 1.807) is 24.5 Å². The predicted octanol–water partition coefficient (Wildman–Crippen LogP) is 3.97. The van der Waals surface area contributed by atoms with Crippen LogP contribution in [-0.4, -0.2) is 40.7 Å². The maximum atomic E-state index is 13.3. The van der Waals surface area contributed by atoms with Crippen LogP contribution >= 0.6 is 0 Å². The molecule has 0 atom stereocenters. The Morgan fingerprint density at radius 3 is 2.00 bits per heavy atom. The zero-order valence-corrected chi connectivity index (χ0v) is 18.7. The van der Waals surface area contributed by atoms with Crippen LogP contribution in [-0.2, 0) is 14.4 Å². The molecule has 6 nitrogen and oxygen atoms in total. The lowest BCUT2D eigenvalue weighted by Gasteiger charge is -2.15. The third-order valence-electron chi connectivity index (χ3n) is 5.51. The summed E-state index contributed by atoms with van der Waals surface area (Å²) in [6.07, 6.45) is 7.75. The molecule has 0 aliphatic carbocycles. The molecule has 170 valence electrons. The van der Waals surface area contributed by atoms with Crippen molar-refractivity contribution in [3.8, 4) is 0 Å². The minimum absolute atomic E-state index is 0.198. The van der Waals surface area contributed by atoms with Crippen LogP contribution in [0.2, 0.25) is 0 Å². The average molecular weight is 452 g/mol. The van der Waals surface area contributed by atoms with E-state index in [-0.39, 0.29) is 17.7 Å². The van der Waals surface area contributed by atoms with E-state index in [1.165, 1.54) is 11.0 Å². The van der Waals surface area contributed by atoms with Gasteiger partial charge in [0.15, 0.2) is 0 Å². The number of pyridine rings is 1. The Balaban J connectivity index is 1.35. The number of unbranched alkanes of at least 4 members (excludes halogenated alkanes) is 1. The van der Waals surface area contributed by atoms with Crippen molar-refractivity contribution in [1.82, 2.24) is 15.2 Å². The Hall–Kier alpha value is -4.32. The van der Waals surface area contributed by atoms with Gasteiger partial charge in [-0.1, -0.05) is 66.7 Å². The molecule has 3 amide bonds. The Kier molecular flexibility index (Phi) is 7.40. The molecule has 2 heterocycles. The Morgan fingerprint density at radius 1 is 0.824 bits per heavy atom. The van der Waals surface area contributed by atoms with Crippen molar-refractivity contribution in [2.24, 2.45) is 0 Å². The summed E-state index contributed by atoms with van der Waals surface area (Å²) >= 11 is 0. The molecule has 3 aromatic rings. The lowest BCUT2D eigenvalue weighted by Crippen LogP contribution is -2.33. The molecule has 0 saturated heterocycles. The first-order valence-electron chi connectivity index (χ1n) is 11.2. The maximum absolute atomic E-state index is 13.3. The highest BCUT2D eigenvalue weighted by Crippen LogP contribution is 2.35. The van der Waals surface area contributed by atoms with E-state index in [1.807, 2.05) is 66.7 Å². The zero-order chi connectivity index (χ0) is 23.8. The van der Waals surface area contributed by atoms with Crippen molar-refractivity contribution in [2.45, 2.75) is 12.8 Å². The van der Waals surface area contributed by atoms with Crippen molar-refractivity contribution in [2.75, 3.05) is 13.1 Å². The Bertz CT molecular complexity index is 1160. The molecule has 1 aliphatic heterocycles. The van der Waals surface area contributed by atoms with Gasteiger partial charge in [-0.15, -0.1) is 0 Å². The van der Waals surface area contributed by atoms with Crippen molar-refractivity contribution < 1.29 is 14.4 Å². The number of imide groups is 1. The zero-order valence-electron chi connectivity index (χ0n) is 18.7. The fourth-order valence-electron chi connectivity index (χ4n) is 3.84. The second-order valence-corrected chi connectivity index (χ2v) is 7.86. The van der Waals surface area contributed by atoms with E-state index >= 15 is 0 Å². The average Bonchev–Trinajstić information content (AvgIpc) is 3.13. The minimum Gasteiger partial charge on any atom is -0.353 e. The van der Waals surface area contributed by atoms with E-state index in [0.717, 1.165) is 16.7 Å². The van der Waals surface area contributed by atoms with Gasteiger partial charge in [0.1, 0.15) is 0 Å². The number of carbonyl (C=O) groups excluding carboxylic acids is 3. The van der Waals surface area contributed by atoms with Crippen molar-refractivity contribution in [1.29, 1.82) is 0 Å². The largest absolute Gasteiger partial charge is 0.353 e. The van der Waals surface area contributed by atoms with E-state index < -0.39 is 0 Å². The van der Waals surface area contributed by atoms with Crippen LogP contribution in [0.15, 0.2) is 91.3 Å². The molecule has 1 N–H and O–H groups in total. The normalized spacial score (nSPS) is 13.7. The van der Waals surface area contributed by atoms with Gasteiger partial charge < -0.3 is 5.32 Å². The van der Waals surface area contributed by atoms with Gasteiger partial charge >= 0.3 is 0 Å². The number of hydrogen-bond donors (Lipinski definition) is 1. The summed E-state index contributed by atoms with van der Waals surface area (Å²) in [6, 6.07) is 22.3. The predicted molar refractivity (Wildman–Crippen MR) is 132 cm³/mol. The molecule has 0 bridgehead atoms. The molecule has 0 radical (unpaired) electrons. The van der Waals surface area contributed by atoms with Crippen LogP contribution in [0, 0.1) is 0 Å². The van der Waals surface area contributed by atoms with Crippen molar-refractivity contribution >= 4 is 34.9 Å². The number of nitrogens with zero attached hydrogens (tertiary/aromatic N) is 2. The van der Waals surface area contributed by atoms with Gasteiger partial charge in [0.05, 0.1) is 11.1 Å². The van der Waals surface area contributed by atoms with Gasteiger partial charge in [0.2, 0.25) is 5.91 Å². The van der Waals surface area contributed by atoms with Crippen LogP contribution in [0.4, 0.5) is 0 Å². The number of nitrogens with one attached hydrogen (secondary N) is 1. The summed E-state index contributed by atoms with van der Waals surface area (Å²) in [5, 5.41) is 2.83. The minimum atomic E-state index is -0.279. The highest BCUT2D eigenvalue weighted by molar-refractivity contribution is 6.48. The number of benzene rings is 2. The van der Waals surface area contributed by atoms with Crippen LogP contribution in [0.25, 0.3) is 17.2 Å². The number of aromatic nitrogens is 1. The molecule has 6 heteroatoms. The smallest absolute Gasteiger partial charge is 0.262 e. The molecule has 1 aromatic heterocycles. The number of hydrogen-bond acceptors (Lipinski definition) is 4. The van der Waals surface area contributed by atoms with E-state index in [9.17, 15) is 14.4 Å². The fraction of sp³-hybridized carbons (Fsp3) is 0.143. The van der Waals surface area contributed by atoms with Crippen LogP contribution in [0.1, 0.15) is 29.5 Å². The second kappa shape index (κ2) is 11.0. The van der Waals surface area contributed by atoms with Gasteiger partial charge in [-0.05, 0) is 41.7 Å². The lowest BCUT2D eigenvalue weighted by atomic mass is 9.96. The monoisotopic (exact) mass is 451 g/mol. The molecule has 34 heavy (non-hydrogen) atoms. The standard InChI is InChI=1S/C28H25N3O3/c32-24(16-15-21-10-9-17-29-20-21)30-18-7-8-19-31-27(33)25(22-11-3-1-4-12-22)26(28(31)34)23-13-5-2-6-14-23/h1-6,9-17,20H,7-8,18-19H2,(H,30,32)/b16-15-. The third kappa shape index (κ3) is 5.35. The second-order valence-electron chi connectivity index (χ2n) is 7.86. The quantitative estimate of drug-likeness (QED) is 0.303. The van der Waals surface area contributed by atoms with Crippen molar-refractivity contribution in [3.05, 3.63) is 108 Å². The van der Waals surface area contributed by atoms with Gasteiger partial charge in [-0.2, -0.15) is 0 Å². The highest BCUT2D eigenvalue weighted by Gasteiger charge is 2.38. The van der Waals surface area contributed by atoms with Gasteiger partial charge in [0.25, 0.3) is 11.8 Å². The van der Waals surface area contributed by atoms with Crippen LogP contribution in [0.3, 0.4) is 0 Å². The molecular weight excluding hydrogens is 426 g/mol. The Labute approximate surface area is 198 Å². The number of carbonyl (C=O) groups is 3. The molecule has 0 unspecified atom stereocenters. The summed E-state index contributed by atoms with van der Waals surface area (Å²) in [5.74, 6) is -0.756. The molecule has 0 saturated carbocycles. The molecule has 0 fully saturated rings. The highest BCUT2D eigenvalue weighted by atomic mass is 16.2. The van der Waals surface area contributed by atoms with Crippen LogP contribution < -0.4 is 5.32 Å². The molecular formula is C28H25N3O3. The molecule has 2 aromatic carbocycles. The summed E-state index contributed by atoms with van der Waals surface area (Å²) in [6.45, 7) is 0.753. The summed E-state index contributed by atoms with van der Waals surface area (Å²) < 4.78 is 0. The van der Waals surface area contributed by atoms with E-state index in [0.29, 0.717) is 37.1 Å². The van der Waals surface area contributed by atoms with E-state index in [4.69, 9.17) is 0 Å². The SMILES string of the molecule is O=C(/C=C\c1cccnc1)NCCCCN1C(=O)C(c2ccccc2)=C(c2ccccc2)C1=O. The van der Waals surface area contributed by atoms with Gasteiger partial charge in [-0.3, -0.25) is 24.3 Å². The maximum Gasteiger partial charge on any atom is 0.262 e. The molecule has 0 spiro atoms. The fourth-order valence-corrected chi connectivity index (χ4v) is 3.84. The van der Waals surface area contributed by atoms with Crippen LogP contribution in [0.5, 0.6) is 0 Å². The summed E-state index contributed by atoms with van der Waals surface area (Å²) in [5.41, 5.74) is 3.18. The number of amides is 3. The van der Waals surface area contributed by atoms with E-state index in [2.05, 4.69) is 10.3 Å². The Morgan fingerprint density at radius 2 is 1.44 bits per heavy atom. The first-order valence-corrected chi connectivity index (χ1v) is 11.2. The molecule has 1 aliphatic rings. The van der Waals surface area contributed by atoms with Crippen molar-refractivity contribution in [3.63, 3.8) is 0 Å². The third-order valence-corrected chi connectivity index (χ3v) is 5.51. The van der Waals surface area contributed by atoms with Gasteiger partial charge in [-0.25, -0.2) is 0 Å².